The summed E-state index contributed by atoms with van der Waals surface area (Å²) in [4.78, 5) is 16.5. The SMILES string of the molecule is Cc1cc(CNC(CC(=O)O)c2cccs2)cc2cccnc12. The summed E-state index contributed by atoms with van der Waals surface area (Å²) in [6.45, 7) is 2.67. The molecule has 0 amide bonds. The number of rotatable bonds is 6. The van der Waals surface area contributed by atoms with Crippen LogP contribution in [-0.2, 0) is 11.3 Å². The quantitative estimate of drug-likeness (QED) is 0.721. The van der Waals surface area contributed by atoms with Gasteiger partial charge in [-0.05, 0) is 41.6 Å². The molecule has 1 atom stereocenters. The number of aromatic nitrogens is 1. The highest BCUT2D eigenvalue weighted by atomic mass is 32.1. The maximum absolute atomic E-state index is 11.1. The van der Waals surface area contributed by atoms with Gasteiger partial charge in [0.05, 0.1) is 18.0 Å². The van der Waals surface area contributed by atoms with Crippen LogP contribution in [0.3, 0.4) is 0 Å². The number of carbonyl (C=O) groups is 1. The Morgan fingerprint density at radius 1 is 1.35 bits per heavy atom. The minimum Gasteiger partial charge on any atom is -0.481 e. The van der Waals surface area contributed by atoms with Crippen LogP contribution in [0.4, 0.5) is 0 Å². The average Bonchev–Trinajstić information content (AvgIpc) is 3.05. The molecule has 3 aromatic rings. The second kappa shape index (κ2) is 6.89. The molecule has 118 valence electrons. The summed E-state index contributed by atoms with van der Waals surface area (Å²) in [6.07, 6.45) is 1.88. The van der Waals surface area contributed by atoms with Crippen molar-refractivity contribution in [3.8, 4) is 0 Å². The van der Waals surface area contributed by atoms with Gasteiger partial charge in [0.1, 0.15) is 0 Å². The van der Waals surface area contributed by atoms with Crippen LogP contribution in [0.1, 0.15) is 28.5 Å². The van der Waals surface area contributed by atoms with Crippen LogP contribution in [0.25, 0.3) is 10.9 Å². The summed E-state index contributed by atoms with van der Waals surface area (Å²) >= 11 is 1.58. The Morgan fingerprint density at radius 2 is 2.22 bits per heavy atom. The maximum atomic E-state index is 11.1. The van der Waals surface area contributed by atoms with E-state index in [0.29, 0.717) is 6.54 Å². The number of carboxylic acid groups (broad SMARTS) is 1. The number of hydrogen-bond acceptors (Lipinski definition) is 4. The first-order chi connectivity index (χ1) is 11.1. The summed E-state index contributed by atoms with van der Waals surface area (Å²) in [5.41, 5.74) is 3.28. The molecule has 0 fully saturated rings. The Balaban J connectivity index is 1.79. The van der Waals surface area contributed by atoms with Crippen LogP contribution in [0, 0.1) is 6.92 Å². The van der Waals surface area contributed by atoms with Gasteiger partial charge in [-0.2, -0.15) is 0 Å². The van der Waals surface area contributed by atoms with Gasteiger partial charge < -0.3 is 10.4 Å². The van der Waals surface area contributed by atoms with Gasteiger partial charge in [-0.3, -0.25) is 9.78 Å². The second-order valence-corrected chi connectivity index (χ2v) is 6.51. The van der Waals surface area contributed by atoms with Crippen molar-refractivity contribution in [1.82, 2.24) is 10.3 Å². The van der Waals surface area contributed by atoms with E-state index in [0.717, 1.165) is 26.9 Å². The van der Waals surface area contributed by atoms with Crippen molar-refractivity contribution in [3.05, 3.63) is 64.0 Å². The van der Waals surface area contributed by atoms with Gasteiger partial charge in [0.15, 0.2) is 0 Å². The Kier molecular flexibility index (Phi) is 4.69. The molecule has 0 saturated heterocycles. The van der Waals surface area contributed by atoms with E-state index in [1.165, 1.54) is 0 Å². The Morgan fingerprint density at radius 3 is 2.96 bits per heavy atom. The largest absolute Gasteiger partial charge is 0.481 e. The van der Waals surface area contributed by atoms with Crippen LogP contribution in [0.2, 0.25) is 0 Å². The highest BCUT2D eigenvalue weighted by Gasteiger charge is 2.16. The van der Waals surface area contributed by atoms with Crippen molar-refractivity contribution in [3.63, 3.8) is 0 Å². The molecule has 0 aliphatic rings. The fourth-order valence-electron chi connectivity index (χ4n) is 2.73. The summed E-state index contributed by atoms with van der Waals surface area (Å²) in [5.74, 6) is -0.796. The van der Waals surface area contributed by atoms with Crippen molar-refractivity contribution in [1.29, 1.82) is 0 Å². The zero-order valence-corrected chi connectivity index (χ0v) is 13.6. The molecule has 23 heavy (non-hydrogen) atoms. The van der Waals surface area contributed by atoms with Gasteiger partial charge in [0.2, 0.25) is 0 Å². The van der Waals surface area contributed by atoms with E-state index in [1.807, 2.05) is 36.6 Å². The van der Waals surface area contributed by atoms with Gasteiger partial charge in [-0.1, -0.05) is 18.2 Å². The number of carboxylic acids is 1. The lowest BCUT2D eigenvalue weighted by molar-refractivity contribution is -0.137. The molecule has 0 spiro atoms. The van der Waals surface area contributed by atoms with E-state index in [9.17, 15) is 4.79 Å². The van der Waals surface area contributed by atoms with Gasteiger partial charge in [-0.15, -0.1) is 11.3 Å². The molecule has 0 radical (unpaired) electrons. The molecule has 5 heteroatoms. The zero-order chi connectivity index (χ0) is 16.2. The number of nitrogens with one attached hydrogen (secondary N) is 1. The molecule has 2 heterocycles. The molecule has 2 aromatic heterocycles. The molecule has 1 aromatic carbocycles. The van der Waals surface area contributed by atoms with Crippen molar-refractivity contribution in [2.45, 2.75) is 25.9 Å². The van der Waals surface area contributed by atoms with Crippen LogP contribution in [0.15, 0.2) is 48.0 Å². The van der Waals surface area contributed by atoms with E-state index in [2.05, 4.69) is 22.4 Å². The number of nitrogens with zero attached hydrogens (tertiary/aromatic N) is 1. The number of aryl methyl sites for hydroxylation is 1. The highest BCUT2D eigenvalue weighted by molar-refractivity contribution is 7.10. The zero-order valence-electron chi connectivity index (χ0n) is 12.8. The smallest absolute Gasteiger partial charge is 0.305 e. The number of thiophene rings is 1. The van der Waals surface area contributed by atoms with Gasteiger partial charge in [-0.25, -0.2) is 0 Å². The lowest BCUT2D eigenvalue weighted by atomic mass is 10.1. The highest BCUT2D eigenvalue weighted by Crippen LogP contribution is 2.23. The molecule has 0 aliphatic carbocycles. The first kappa shape index (κ1) is 15.6. The fourth-order valence-corrected chi connectivity index (χ4v) is 3.53. The lowest BCUT2D eigenvalue weighted by Gasteiger charge is -2.16. The molecule has 1 unspecified atom stereocenters. The minimum atomic E-state index is -0.796. The standard InChI is InChI=1S/C18H18N2O2S/c1-12-8-13(9-14-4-2-6-19-18(12)14)11-20-15(10-17(21)22)16-5-3-7-23-16/h2-9,15,20H,10-11H2,1H3,(H,21,22). The van der Waals surface area contributed by atoms with Crippen LogP contribution in [-0.4, -0.2) is 16.1 Å². The normalized spacial score (nSPS) is 12.4. The lowest BCUT2D eigenvalue weighted by Crippen LogP contribution is -2.22. The first-order valence-corrected chi connectivity index (χ1v) is 8.34. The minimum absolute atomic E-state index is 0.0780. The van der Waals surface area contributed by atoms with E-state index >= 15 is 0 Å². The van der Waals surface area contributed by atoms with Crippen molar-refractivity contribution in [2.24, 2.45) is 0 Å². The maximum Gasteiger partial charge on any atom is 0.305 e. The third-order valence-corrected chi connectivity index (χ3v) is 4.76. The molecule has 0 bridgehead atoms. The molecule has 0 saturated carbocycles. The predicted octanol–water partition coefficient (Wildman–Crippen LogP) is 3.91. The first-order valence-electron chi connectivity index (χ1n) is 7.46. The van der Waals surface area contributed by atoms with Crippen LogP contribution in [0.5, 0.6) is 0 Å². The van der Waals surface area contributed by atoms with E-state index in [-0.39, 0.29) is 12.5 Å². The number of benzene rings is 1. The molecule has 0 aliphatic heterocycles. The summed E-state index contributed by atoms with van der Waals surface area (Å²) in [5, 5.41) is 15.6. The second-order valence-electron chi connectivity index (χ2n) is 5.53. The van der Waals surface area contributed by atoms with Crippen molar-refractivity contribution < 1.29 is 9.90 Å². The number of fused-ring (bicyclic) bond motifs is 1. The van der Waals surface area contributed by atoms with Crippen LogP contribution < -0.4 is 5.32 Å². The van der Waals surface area contributed by atoms with Crippen LogP contribution >= 0.6 is 11.3 Å². The third-order valence-electron chi connectivity index (χ3n) is 3.77. The van der Waals surface area contributed by atoms with Gasteiger partial charge in [0, 0.05) is 23.0 Å². The van der Waals surface area contributed by atoms with Crippen molar-refractivity contribution >= 4 is 28.2 Å². The number of pyridine rings is 1. The van der Waals surface area contributed by atoms with Crippen molar-refractivity contribution in [2.75, 3.05) is 0 Å². The van der Waals surface area contributed by atoms with E-state index < -0.39 is 5.97 Å². The molecular formula is C18H18N2O2S. The summed E-state index contributed by atoms with van der Waals surface area (Å²) in [7, 11) is 0. The molecule has 4 nitrogen and oxygen atoms in total. The molecule has 3 rings (SSSR count). The van der Waals surface area contributed by atoms with E-state index in [1.54, 1.807) is 17.5 Å². The monoisotopic (exact) mass is 326 g/mol. The average molecular weight is 326 g/mol. The molecular weight excluding hydrogens is 308 g/mol. The topological polar surface area (TPSA) is 62.2 Å². The molecule has 2 N–H and O–H groups in total. The number of aliphatic carboxylic acids is 1. The van der Waals surface area contributed by atoms with Gasteiger partial charge in [0.25, 0.3) is 0 Å². The summed E-state index contributed by atoms with van der Waals surface area (Å²) in [6, 6.07) is 11.9. The predicted molar refractivity (Wildman–Crippen MR) is 92.6 cm³/mol. The fraction of sp³-hybridized carbons (Fsp3) is 0.222. The van der Waals surface area contributed by atoms with Gasteiger partial charge >= 0.3 is 5.97 Å². The summed E-state index contributed by atoms with van der Waals surface area (Å²) < 4.78 is 0. The third kappa shape index (κ3) is 3.75. The Labute approximate surface area is 138 Å². The Bertz CT molecular complexity index is 815. The number of hydrogen-bond donors (Lipinski definition) is 2. The van der Waals surface area contributed by atoms with E-state index in [4.69, 9.17) is 5.11 Å². The Hall–Kier alpha value is -2.24.